The second-order valence-corrected chi connectivity index (χ2v) is 8.51. The number of ether oxygens (including phenoxy) is 1. The summed E-state index contributed by atoms with van der Waals surface area (Å²) in [5.41, 5.74) is 5.54. The summed E-state index contributed by atoms with van der Waals surface area (Å²) >= 11 is 0. The molecule has 2 amide bonds. The Morgan fingerprint density at radius 2 is 1.56 bits per heavy atom. The van der Waals surface area contributed by atoms with Gasteiger partial charge in [0.1, 0.15) is 11.4 Å². The Morgan fingerprint density at radius 1 is 0.882 bits per heavy atom. The zero-order chi connectivity index (χ0) is 24.4. The van der Waals surface area contributed by atoms with Crippen LogP contribution in [0, 0.1) is 13.8 Å². The second kappa shape index (κ2) is 9.43. The fourth-order valence-electron chi connectivity index (χ4n) is 4.06. The second-order valence-electron chi connectivity index (χ2n) is 8.51. The fourth-order valence-corrected chi connectivity index (χ4v) is 4.06. The zero-order valence-electron chi connectivity index (χ0n) is 20.2. The van der Waals surface area contributed by atoms with E-state index >= 15 is 0 Å². The highest BCUT2D eigenvalue weighted by molar-refractivity contribution is 6.46. The van der Waals surface area contributed by atoms with Crippen molar-refractivity contribution >= 4 is 34.4 Å². The molecule has 0 bridgehead atoms. The third-order valence-corrected chi connectivity index (χ3v) is 5.78. The van der Waals surface area contributed by atoms with Crippen molar-refractivity contribution in [2.75, 3.05) is 35.8 Å². The van der Waals surface area contributed by atoms with Gasteiger partial charge >= 0.3 is 0 Å². The molecule has 0 spiro atoms. The van der Waals surface area contributed by atoms with Crippen LogP contribution in [0.5, 0.6) is 5.75 Å². The molecule has 0 unspecified atom stereocenters. The van der Waals surface area contributed by atoms with Crippen LogP contribution in [0.15, 0.2) is 72.4 Å². The first kappa shape index (κ1) is 23.1. The molecular formula is C28H29N3O3. The molecule has 1 N–H and O–H groups in total. The Bertz CT molecular complexity index is 1260. The average Bonchev–Trinajstić information content (AvgIpc) is 3.04. The molecule has 1 heterocycles. The minimum absolute atomic E-state index is 0.256. The molecule has 3 aromatic carbocycles. The number of hydrogen-bond donors (Lipinski definition) is 1. The smallest absolute Gasteiger partial charge is 0.282 e. The number of nitrogens with one attached hydrogen (secondary N) is 1. The molecule has 6 heteroatoms. The van der Waals surface area contributed by atoms with E-state index in [-0.39, 0.29) is 17.5 Å². The fraction of sp³-hybridized carbons (Fsp3) is 0.214. The van der Waals surface area contributed by atoms with Crippen molar-refractivity contribution in [3.63, 3.8) is 0 Å². The molecule has 34 heavy (non-hydrogen) atoms. The lowest BCUT2D eigenvalue weighted by molar-refractivity contribution is -0.120. The SMILES string of the molecule is CCOc1ccc(C2=C(Nc3ccc(N(C)C)cc3)C(=O)N(c3ccc(C)cc3C)C2=O)cc1. The summed E-state index contributed by atoms with van der Waals surface area (Å²) in [6.07, 6.45) is 0. The first-order valence-corrected chi connectivity index (χ1v) is 11.3. The molecule has 0 radical (unpaired) electrons. The van der Waals surface area contributed by atoms with Gasteiger partial charge < -0.3 is 15.0 Å². The maximum Gasteiger partial charge on any atom is 0.282 e. The van der Waals surface area contributed by atoms with E-state index in [1.54, 1.807) is 0 Å². The molecule has 0 aromatic heterocycles. The van der Waals surface area contributed by atoms with Crippen LogP contribution in [-0.4, -0.2) is 32.5 Å². The molecule has 0 fully saturated rings. The molecule has 174 valence electrons. The summed E-state index contributed by atoms with van der Waals surface area (Å²) < 4.78 is 5.54. The Balaban J connectivity index is 1.78. The number of hydrogen-bond acceptors (Lipinski definition) is 5. The van der Waals surface area contributed by atoms with Crippen molar-refractivity contribution in [3.05, 3.63) is 89.1 Å². The summed E-state index contributed by atoms with van der Waals surface area (Å²) in [7, 11) is 3.94. The van der Waals surface area contributed by atoms with E-state index in [1.165, 1.54) is 4.90 Å². The summed E-state index contributed by atoms with van der Waals surface area (Å²) in [6, 6.07) is 20.7. The summed E-state index contributed by atoms with van der Waals surface area (Å²) in [5, 5.41) is 3.22. The van der Waals surface area contributed by atoms with E-state index in [2.05, 4.69) is 5.32 Å². The Labute approximate surface area is 200 Å². The predicted octanol–water partition coefficient (Wildman–Crippen LogP) is 5.16. The third kappa shape index (κ3) is 4.39. The van der Waals surface area contributed by atoms with Crippen LogP contribution in [0.3, 0.4) is 0 Å². The number of aryl methyl sites for hydroxylation is 2. The van der Waals surface area contributed by atoms with E-state index in [1.807, 2.05) is 106 Å². The minimum Gasteiger partial charge on any atom is -0.494 e. The molecular weight excluding hydrogens is 426 g/mol. The van der Waals surface area contributed by atoms with Crippen molar-refractivity contribution in [1.29, 1.82) is 0 Å². The molecule has 1 aliphatic heterocycles. The highest BCUT2D eigenvalue weighted by Gasteiger charge is 2.40. The van der Waals surface area contributed by atoms with Gasteiger partial charge in [0, 0.05) is 25.5 Å². The number of carbonyl (C=O) groups is 2. The van der Waals surface area contributed by atoms with Gasteiger partial charge in [-0.05, 0) is 74.4 Å². The van der Waals surface area contributed by atoms with Crippen molar-refractivity contribution in [2.24, 2.45) is 0 Å². The normalized spacial score (nSPS) is 13.5. The zero-order valence-corrected chi connectivity index (χ0v) is 20.2. The van der Waals surface area contributed by atoms with Gasteiger partial charge in [-0.15, -0.1) is 0 Å². The minimum atomic E-state index is -0.377. The van der Waals surface area contributed by atoms with Crippen molar-refractivity contribution in [3.8, 4) is 5.75 Å². The quantitative estimate of drug-likeness (QED) is 0.499. The number of anilines is 3. The van der Waals surface area contributed by atoms with Crippen LogP contribution < -0.4 is 19.9 Å². The van der Waals surface area contributed by atoms with Crippen molar-refractivity contribution < 1.29 is 14.3 Å². The van der Waals surface area contributed by atoms with Gasteiger partial charge in [0.05, 0.1) is 17.9 Å². The average molecular weight is 456 g/mol. The maximum atomic E-state index is 13.7. The number of amides is 2. The van der Waals surface area contributed by atoms with Crippen molar-refractivity contribution in [2.45, 2.75) is 20.8 Å². The topological polar surface area (TPSA) is 61.9 Å². The lowest BCUT2D eigenvalue weighted by Gasteiger charge is -2.18. The Morgan fingerprint density at radius 3 is 2.15 bits per heavy atom. The summed E-state index contributed by atoms with van der Waals surface area (Å²) in [5.74, 6) is -0.0188. The molecule has 0 aliphatic carbocycles. The Kier molecular flexibility index (Phi) is 6.41. The van der Waals surface area contributed by atoms with E-state index in [9.17, 15) is 9.59 Å². The number of benzene rings is 3. The van der Waals surface area contributed by atoms with Crippen LogP contribution >= 0.6 is 0 Å². The van der Waals surface area contributed by atoms with Gasteiger partial charge in [-0.3, -0.25) is 9.59 Å². The van der Waals surface area contributed by atoms with Crippen molar-refractivity contribution in [1.82, 2.24) is 0 Å². The van der Waals surface area contributed by atoms with E-state index < -0.39 is 0 Å². The van der Waals surface area contributed by atoms with E-state index in [0.29, 0.717) is 29.2 Å². The molecule has 4 rings (SSSR count). The largest absolute Gasteiger partial charge is 0.494 e. The Hall–Kier alpha value is -4.06. The lowest BCUT2D eigenvalue weighted by Crippen LogP contribution is -2.33. The number of nitrogens with zero attached hydrogens (tertiary/aromatic N) is 2. The standard InChI is InChI=1S/C28H29N3O3/c1-6-34-23-14-8-20(9-15-23)25-26(29-21-10-12-22(13-11-21)30(4)5)28(33)31(27(25)32)24-16-7-18(2)17-19(24)3/h7-17,29H,6H2,1-5H3. The van der Waals surface area contributed by atoms with Crippen LogP contribution in [0.4, 0.5) is 17.1 Å². The number of carbonyl (C=O) groups excluding carboxylic acids is 2. The number of imide groups is 1. The highest BCUT2D eigenvalue weighted by atomic mass is 16.5. The predicted molar refractivity (Wildman–Crippen MR) is 137 cm³/mol. The molecule has 0 saturated carbocycles. The van der Waals surface area contributed by atoms with Gasteiger partial charge in [-0.25, -0.2) is 4.90 Å². The van der Waals surface area contributed by atoms with Gasteiger partial charge in [0.15, 0.2) is 0 Å². The van der Waals surface area contributed by atoms with Gasteiger partial charge in [0.25, 0.3) is 11.8 Å². The van der Waals surface area contributed by atoms with E-state index in [0.717, 1.165) is 22.5 Å². The summed E-state index contributed by atoms with van der Waals surface area (Å²) in [6.45, 7) is 6.36. The summed E-state index contributed by atoms with van der Waals surface area (Å²) in [4.78, 5) is 30.6. The monoisotopic (exact) mass is 455 g/mol. The van der Waals surface area contributed by atoms with Gasteiger partial charge in [-0.1, -0.05) is 29.8 Å². The van der Waals surface area contributed by atoms with Crippen LogP contribution in [-0.2, 0) is 9.59 Å². The van der Waals surface area contributed by atoms with E-state index in [4.69, 9.17) is 4.74 Å². The van der Waals surface area contributed by atoms with Crippen LogP contribution in [0.25, 0.3) is 5.57 Å². The third-order valence-electron chi connectivity index (χ3n) is 5.78. The van der Waals surface area contributed by atoms with Crippen LogP contribution in [0.2, 0.25) is 0 Å². The highest BCUT2D eigenvalue weighted by Crippen LogP contribution is 2.36. The van der Waals surface area contributed by atoms with Gasteiger partial charge in [-0.2, -0.15) is 0 Å². The first-order valence-electron chi connectivity index (χ1n) is 11.3. The molecule has 0 atom stereocenters. The number of rotatable bonds is 7. The van der Waals surface area contributed by atoms with Crippen LogP contribution in [0.1, 0.15) is 23.6 Å². The first-order chi connectivity index (χ1) is 16.3. The molecule has 6 nitrogen and oxygen atoms in total. The van der Waals surface area contributed by atoms with Gasteiger partial charge in [0.2, 0.25) is 0 Å². The maximum absolute atomic E-state index is 13.7. The lowest BCUT2D eigenvalue weighted by atomic mass is 10.0. The molecule has 1 aliphatic rings. The molecule has 0 saturated heterocycles. The molecule has 3 aromatic rings.